The Hall–Kier alpha value is -1.15. The van der Waals surface area contributed by atoms with E-state index in [2.05, 4.69) is 38.2 Å². The van der Waals surface area contributed by atoms with Gasteiger partial charge in [0, 0.05) is 11.6 Å². The summed E-state index contributed by atoms with van der Waals surface area (Å²) in [7, 11) is 0. The van der Waals surface area contributed by atoms with Gasteiger partial charge in [-0.3, -0.25) is 4.79 Å². The lowest BCUT2D eigenvalue weighted by molar-refractivity contribution is 0.0861. The number of carbonyl (C=O) groups excluding carboxylic acids is 1. The lowest BCUT2D eigenvalue weighted by Gasteiger charge is -2.40. The summed E-state index contributed by atoms with van der Waals surface area (Å²) >= 11 is 0. The second-order valence-corrected chi connectivity index (χ2v) is 7.06. The van der Waals surface area contributed by atoms with E-state index in [1.165, 1.54) is 43.2 Å². The minimum Gasteiger partial charge on any atom is -0.304 e. The Balaban J connectivity index is 1.78. The molecule has 3 unspecified atom stereocenters. The smallest absolute Gasteiger partial charge is 0.180 e. The van der Waals surface area contributed by atoms with Crippen molar-refractivity contribution in [1.29, 1.82) is 0 Å². The van der Waals surface area contributed by atoms with Crippen molar-refractivity contribution in [1.82, 2.24) is 5.32 Å². The van der Waals surface area contributed by atoms with E-state index in [0.717, 1.165) is 23.5 Å². The maximum atomic E-state index is 12.9. The number of nitrogens with one attached hydrogen (secondary N) is 1. The predicted octanol–water partition coefficient (Wildman–Crippen LogP) is 4.11. The summed E-state index contributed by atoms with van der Waals surface area (Å²) in [6.07, 6.45) is 7.52. The molecule has 2 fully saturated rings. The molecule has 1 aliphatic heterocycles. The third-order valence-corrected chi connectivity index (χ3v) is 5.57. The van der Waals surface area contributed by atoms with Gasteiger partial charge in [-0.25, -0.2) is 0 Å². The molecule has 1 heterocycles. The van der Waals surface area contributed by atoms with Crippen molar-refractivity contribution in [2.75, 3.05) is 0 Å². The molecule has 114 valence electrons. The Morgan fingerprint density at radius 2 is 1.67 bits per heavy atom. The molecule has 1 aromatic carbocycles. The molecule has 2 heteroatoms. The van der Waals surface area contributed by atoms with Crippen molar-refractivity contribution < 1.29 is 4.79 Å². The van der Waals surface area contributed by atoms with E-state index >= 15 is 0 Å². The van der Waals surface area contributed by atoms with Gasteiger partial charge >= 0.3 is 0 Å². The summed E-state index contributed by atoms with van der Waals surface area (Å²) in [5, 5.41) is 3.67. The second-order valence-electron chi connectivity index (χ2n) is 7.06. The van der Waals surface area contributed by atoms with E-state index in [9.17, 15) is 4.79 Å². The number of ketones is 1. The van der Waals surface area contributed by atoms with Crippen LogP contribution >= 0.6 is 0 Å². The van der Waals surface area contributed by atoms with Gasteiger partial charge in [0.2, 0.25) is 0 Å². The average Bonchev–Trinajstić information content (AvgIpc) is 2.50. The largest absolute Gasteiger partial charge is 0.304 e. The average molecular weight is 285 g/mol. The first-order valence-corrected chi connectivity index (χ1v) is 8.44. The molecule has 0 amide bonds. The minimum absolute atomic E-state index is 0.0326. The molecule has 2 nitrogen and oxygen atoms in total. The van der Waals surface area contributed by atoms with Gasteiger partial charge in [0.25, 0.3) is 0 Å². The highest BCUT2D eigenvalue weighted by Gasteiger charge is 2.34. The Morgan fingerprint density at radius 3 is 2.48 bits per heavy atom. The molecule has 0 spiro atoms. The fourth-order valence-electron chi connectivity index (χ4n) is 4.12. The van der Waals surface area contributed by atoms with E-state index in [1.807, 2.05) is 0 Å². The van der Waals surface area contributed by atoms with Crippen LogP contribution in [0, 0.1) is 26.7 Å². The molecule has 0 bridgehead atoms. The number of hydrogen-bond acceptors (Lipinski definition) is 2. The summed E-state index contributed by atoms with van der Waals surface area (Å²) in [5.74, 6) is 1.11. The molecule has 1 aliphatic carbocycles. The van der Waals surface area contributed by atoms with Gasteiger partial charge in [0.1, 0.15) is 0 Å². The van der Waals surface area contributed by atoms with Crippen LogP contribution in [0.2, 0.25) is 0 Å². The van der Waals surface area contributed by atoms with Gasteiger partial charge in [0.15, 0.2) is 5.78 Å². The van der Waals surface area contributed by atoms with E-state index in [4.69, 9.17) is 0 Å². The number of hydrogen-bond donors (Lipinski definition) is 1. The van der Waals surface area contributed by atoms with Crippen molar-refractivity contribution in [2.45, 2.75) is 71.4 Å². The van der Waals surface area contributed by atoms with Crippen LogP contribution in [0.15, 0.2) is 12.1 Å². The number of carbonyl (C=O) groups is 1. The van der Waals surface area contributed by atoms with Crippen LogP contribution in [-0.2, 0) is 0 Å². The summed E-state index contributed by atoms with van der Waals surface area (Å²) in [4.78, 5) is 12.9. The predicted molar refractivity (Wildman–Crippen MR) is 86.9 cm³/mol. The maximum Gasteiger partial charge on any atom is 0.180 e. The van der Waals surface area contributed by atoms with Crippen molar-refractivity contribution >= 4 is 5.78 Å². The second kappa shape index (κ2) is 5.92. The molecule has 0 aromatic heterocycles. The Labute approximate surface area is 128 Å². The van der Waals surface area contributed by atoms with E-state index in [0.29, 0.717) is 11.8 Å². The zero-order valence-electron chi connectivity index (χ0n) is 13.5. The fraction of sp³-hybridized carbons (Fsp3) is 0.632. The van der Waals surface area contributed by atoms with Gasteiger partial charge in [-0.2, -0.15) is 0 Å². The minimum atomic E-state index is 0.0326. The highest BCUT2D eigenvalue weighted by molar-refractivity contribution is 6.01. The normalized spacial score (nSPS) is 29.0. The van der Waals surface area contributed by atoms with Crippen LogP contribution in [0.1, 0.15) is 65.6 Å². The Kier molecular flexibility index (Phi) is 4.17. The standard InChI is InChI=1S/C19H27NO/c1-12-10-14(3)16(11-13(12)2)19(21)18-9-8-15-6-4-5-7-17(15)20-18/h10-11,15,17-18,20H,4-9H2,1-3H3. The molecule has 3 rings (SSSR count). The first kappa shape index (κ1) is 14.8. The topological polar surface area (TPSA) is 29.1 Å². The van der Waals surface area contributed by atoms with Crippen molar-refractivity contribution in [3.63, 3.8) is 0 Å². The van der Waals surface area contributed by atoms with Crippen LogP contribution in [0.5, 0.6) is 0 Å². The molecule has 3 atom stereocenters. The first-order chi connectivity index (χ1) is 10.1. The summed E-state index contributed by atoms with van der Waals surface area (Å²) in [6, 6.07) is 4.84. The van der Waals surface area contributed by atoms with Crippen LogP contribution in [-0.4, -0.2) is 17.9 Å². The molecule has 21 heavy (non-hydrogen) atoms. The monoisotopic (exact) mass is 285 g/mol. The van der Waals surface area contributed by atoms with Crippen molar-refractivity contribution in [2.24, 2.45) is 5.92 Å². The molecule has 1 N–H and O–H groups in total. The lowest BCUT2D eigenvalue weighted by Crippen LogP contribution is -2.52. The molecule has 2 aliphatic rings. The number of rotatable bonds is 2. The van der Waals surface area contributed by atoms with Gasteiger partial charge in [-0.15, -0.1) is 0 Å². The number of fused-ring (bicyclic) bond motifs is 1. The highest BCUT2D eigenvalue weighted by atomic mass is 16.1. The van der Waals surface area contributed by atoms with Crippen LogP contribution in [0.3, 0.4) is 0 Å². The summed E-state index contributed by atoms with van der Waals surface area (Å²) in [6.45, 7) is 6.27. The number of Topliss-reactive ketones (excluding diaryl/α,β-unsaturated/α-hetero) is 1. The molecule has 1 saturated heterocycles. The Bertz CT molecular complexity index is 549. The summed E-state index contributed by atoms with van der Waals surface area (Å²) < 4.78 is 0. The molecular formula is C19H27NO. The molecule has 1 aromatic rings. The number of piperidine rings is 1. The first-order valence-electron chi connectivity index (χ1n) is 8.44. The van der Waals surface area contributed by atoms with Crippen LogP contribution < -0.4 is 5.32 Å². The van der Waals surface area contributed by atoms with Gasteiger partial charge in [-0.1, -0.05) is 18.9 Å². The van der Waals surface area contributed by atoms with Gasteiger partial charge < -0.3 is 5.32 Å². The van der Waals surface area contributed by atoms with Crippen molar-refractivity contribution in [3.05, 3.63) is 34.4 Å². The number of aryl methyl sites for hydroxylation is 3. The maximum absolute atomic E-state index is 12.9. The quantitative estimate of drug-likeness (QED) is 0.829. The van der Waals surface area contributed by atoms with Crippen molar-refractivity contribution in [3.8, 4) is 0 Å². The third-order valence-electron chi connectivity index (χ3n) is 5.57. The zero-order chi connectivity index (χ0) is 15.0. The van der Waals surface area contributed by atoms with Gasteiger partial charge in [0.05, 0.1) is 6.04 Å². The third kappa shape index (κ3) is 2.91. The van der Waals surface area contributed by atoms with E-state index in [1.54, 1.807) is 0 Å². The highest BCUT2D eigenvalue weighted by Crippen LogP contribution is 2.33. The number of benzene rings is 1. The Morgan fingerprint density at radius 1 is 0.952 bits per heavy atom. The van der Waals surface area contributed by atoms with Gasteiger partial charge in [-0.05, 0) is 75.1 Å². The lowest BCUT2D eigenvalue weighted by atomic mass is 9.76. The SMILES string of the molecule is Cc1cc(C)c(C(=O)C2CCC3CCCCC3N2)cc1C. The zero-order valence-corrected chi connectivity index (χ0v) is 13.5. The van der Waals surface area contributed by atoms with E-state index < -0.39 is 0 Å². The summed E-state index contributed by atoms with van der Waals surface area (Å²) in [5.41, 5.74) is 4.53. The molecular weight excluding hydrogens is 258 g/mol. The molecule has 1 saturated carbocycles. The van der Waals surface area contributed by atoms with Crippen LogP contribution in [0.4, 0.5) is 0 Å². The van der Waals surface area contributed by atoms with Crippen LogP contribution in [0.25, 0.3) is 0 Å². The fourth-order valence-corrected chi connectivity index (χ4v) is 4.12. The van der Waals surface area contributed by atoms with E-state index in [-0.39, 0.29) is 6.04 Å². The molecule has 0 radical (unpaired) electrons.